The zero-order valence-corrected chi connectivity index (χ0v) is 13.4. The van der Waals surface area contributed by atoms with Crippen LogP contribution in [0.5, 0.6) is 0 Å². The number of rotatable bonds is 2. The fourth-order valence-corrected chi connectivity index (χ4v) is 4.68. The number of ketones is 1. The Balaban J connectivity index is 1.99. The molecule has 24 heavy (non-hydrogen) atoms. The van der Waals surface area contributed by atoms with E-state index in [1.54, 1.807) is 0 Å². The van der Waals surface area contributed by atoms with Gasteiger partial charge in [0, 0.05) is 40.3 Å². The Kier molecular flexibility index (Phi) is 2.91. The number of carbonyl (C=O) groups is 1. The van der Waals surface area contributed by atoms with Crippen LogP contribution >= 0.6 is 0 Å². The number of benzene rings is 2. The van der Waals surface area contributed by atoms with Gasteiger partial charge in [0.05, 0.1) is 12.7 Å². The Bertz CT molecular complexity index is 1020. The van der Waals surface area contributed by atoms with Crippen LogP contribution in [-0.4, -0.2) is 27.2 Å². The van der Waals surface area contributed by atoms with E-state index in [0.29, 0.717) is 13.0 Å². The highest BCUT2D eigenvalue weighted by molar-refractivity contribution is 6.16. The van der Waals surface area contributed by atoms with Crippen LogP contribution in [0.4, 0.5) is 0 Å². The molecule has 4 nitrogen and oxygen atoms in total. The zero-order chi connectivity index (χ0) is 16.4. The smallest absolute Gasteiger partial charge is 0.163 e. The van der Waals surface area contributed by atoms with E-state index in [-0.39, 0.29) is 18.5 Å². The minimum atomic E-state index is -0.390. The molecule has 5 rings (SSSR count). The van der Waals surface area contributed by atoms with Crippen LogP contribution in [0, 0.1) is 0 Å². The summed E-state index contributed by atoms with van der Waals surface area (Å²) in [7, 11) is 0. The standard InChI is InChI=1S/C20H19NO3/c22-10-9-21-15-5-1-11-13(3-7-17(11)23)19(15)20-14-4-8-18(24)12(14)2-6-16(20)21/h1-2,5-6,17,22-23H,3-4,7-10H2. The van der Waals surface area contributed by atoms with E-state index in [2.05, 4.69) is 10.6 Å². The van der Waals surface area contributed by atoms with Gasteiger partial charge in [0.1, 0.15) is 0 Å². The lowest BCUT2D eigenvalue weighted by Gasteiger charge is -2.07. The van der Waals surface area contributed by atoms with Gasteiger partial charge in [0.25, 0.3) is 0 Å². The third kappa shape index (κ3) is 1.67. The van der Waals surface area contributed by atoms with Crippen LogP contribution in [0.1, 0.15) is 46.0 Å². The predicted molar refractivity (Wildman–Crippen MR) is 92.5 cm³/mol. The fraction of sp³-hybridized carbons (Fsp3) is 0.350. The van der Waals surface area contributed by atoms with Gasteiger partial charge in [-0.25, -0.2) is 0 Å². The number of Topliss-reactive ketones (excluding diaryl/α,β-unsaturated/α-hetero) is 1. The van der Waals surface area contributed by atoms with E-state index >= 15 is 0 Å². The van der Waals surface area contributed by atoms with Gasteiger partial charge in [-0.05, 0) is 54.2 Å². The van der Waals surface area contributed by atoms with Crippen LogP contribution in [0.25, 0.3) is 21.8 Å². The normalized spacial score (nSPS) is 19.4. The SMILES string of the molecule is O=C1CCc2c1ccc1c2c2c3c(ccc2n1CCO)C(O)CC3. The van der Waals surface area contributed by atoms with Gasteiger partial charge in [0.15, 0.2) is 5.78 Å². The summed E-state index contributed by atoms with van der Waals surface area (Å²) in [5.41, 5.74) is 6.42. The summed E-state index contributed by atoms with van der Waals surface area (Å²) in [6.45, 7) is 0.614. The molecule has 0 saturated heterocycles. The van der Waals surface area contributed by atoms with E-state index < -0.39 is 0 Å². The van der Waals surface area contributed by atoms with Crippen molar-refractivity contribution in [2.75, 3.05) is 6.61 Å². The van der Waals surface area contributed by atoms with Crippen LogP contribution < -0.4 is 0 Å². The van der Waals surface area contributed by atoms with Crippen molar-refractivity contribution in [3.05, 3.63) is 46.5 Å². The van der Waals surface area contributed by atoms with Gasteiger partial charge in [-0.15, -0.1) is 0 Å². The summed E-state index contributed by atoms with van der Waals surface area (Å²) >= 11 is 0. The van der Waals surface area contributed by atoms with Crippen molar-refractivity contribution >= 4 is 27.6 Å². The van der Waals surface area contributed by atoms with E-state index in [0.717, 1.165) is 52.4 Å². The number of carbonyl (C=O) groups excluding carboxylic acids is 1. The second-order valence-corrected chi connectivity index (χ2v) is 6.87. The molecule has 3 aromatic rings. The van der Waals surface area contributed by atoms with Crippen molar-refractivity contribution in [1.82, 2.24) is 4.57 Å². The molecule has 1 atom stereocenters. The van der Waals surface area contributed by atoms with E-state index in [1.165, 1.54) is 10.9 Å². The third-order valence-electron chi connectivity index (χ3n) is 5.70. The Hall–Kier alpha value is -2.17. The number of aromatic nitrogens is 1. The molecule has 2 aliphatic carbocycles. The first-order chi connectivity index (χ1) is 11.7. The fourth-order valence-electron chi connectivity index (χ4n) is 4.68. The molecular formula is C20H19NO3. The molecule has 0 aliphatic heterocycles. The van der Waals surface area contributed by atoms with E-state index in [9.17, 15) is 15.0 Å². The molecule has 0 saturated carbocycles. The highest BCUT2D eigenvalue weighted by Crippen LogP contribution is 2.43. The molecule has 1 heterocycles. The largest absolute Gasteiger partial charge is 0.395 e. The Labute approximate surface area is 139 Å². The summed E-state index contributed by atoms with van der Waals surface area (Å²) in [5.74, 6) is 0.225. The van der Waals surface area contributed by atoms with Crippen LogP contribution in [0.15, 0.2) is 24.3 Å². The highest BCUT2D eigenvalue weighted by atomic mass is 16.3. The number of aliphatic hydroxyl groups excluding tert-OH is 2. The molecule has 2 aromatic carbocycles. The van der Waals surface area contributed by atoms with Crippen LogP contribution in [0.3, 0.4) is 0 Å². The summed E-state index contributed by atoms with van der Waals surface area (Å²) < 4.78 is 2.15. The Morgan fingerprint density at radius 3 is 2.54 bits per heavy atom. The molecule has 0 fully saturated rings. The second kappa shape index (κ2) is 4.91. The number of nitrogens with zero attached hydrogens (tertiary/aromatic N) is 1. The third-order valence-corrected chi connectivity index (χ3v) is 5.70. The van der Waals surface area contributed by atoms with Gasteiger partial charge in [-0.3, -0.25) is 4.79 Å². The maximum atomic E-state index is 12.2. The van der Waals surface area contributed by atoms with Crippen molar-refractivity contribution in [2.45, 2.75) is 38.3 Å². The second-order valence-electron chi connectivity index (χ2n) is 6.87. The van der Waals surface area contributed by atoms with Crippen molar-refractivity contribution in [1.29, 1.82) is 0 Å². The lowest BCUT2D eigenvalue weighted by Crippen LogP contribution is -2.02. The monoisotopic (exact) mass is 321 g/mol. The maximum Gasteiger partial charge on any atom is 0.163 e. The quantitative estimate of drug-likeness (QED) is 0.763. The molecule has 2 N–H and O–H groups in total. The molecule has 1 aromatic heterocycles. The number of aliphatic hydroxyl groups is 2. The number of hydrogen-bond donors (Lipinski definition) is 2. The van der Waals surface area contributed by atoms with E-state index in [1.807, 2.05) is 18.2 Å². The van der Waals surface area contributed by atoms with Gasteiger partial charge < -0.3 is 14.8 Å². The summed E-state index contributed by atoms with van der Waals surface area (Å²) in [4.78, 5) is 12.2. The summed E-state index contributed by atoms with van der Waals surface area (Å²) in [6.07, 6.45) is 2.60. The topological polar surface area (TPSA) is 62.5 Å². The molecule has 0 radical (unpaired) electrons. The van der Waals surface area contributed by atoms with Crippen molar-refractivity contribution in [2.24, 2.45) is 0 Å². The van der Waals surface area contributed by atoms with Crippen molar-refractivity contribution < 1.29 is 15.0 Å². The molecule has 1 unspecified atom stereocenters. The molecule has 0 bridgehead atoms. The van der Waals surface area contributed by atoms with Gasteiger partial charge in [-0.1, -0.05) is 6.07 Å². The number of fused-ring (bicyclic) bond motifs is 7. The number of hydrogen-bond acceptors (Lipinski definition) is 3. The lowest BCUT2D eigenvalue weighted by atomic mass is 9.97. The molecule has 2 aliphatic rings. The van der Waals surface area contributed by atoms with Crippen molar-refractivity contribution in [3.63, 3.8) is 0 Å². The average Bonchev–Trinajstić information content (AvgIpc) is 3.24. The minimum Gasteiger partial charge on any atom is -0.395 e. The predicted octanol–water partition coefficient (Wildman–Crippen LogP) is 2.90. The molecular weight excluding hydrogens is 302 g/mol. The Morgan fingerprint density at radius 1 is 1.00 bits per heavy atom. The molecule has 122 valence electrons. The summed E-state index contributed by atoms with van der Waals surface area (Å²) in [5, 5.41) is 22.1. The first-order valence-electron chi connectivity index (χ1n) is 8.62. The van der Waals surface area contributed by atoms with Gasteiger partial charge >= 0.3 is 0 Å². The number of aryl methyl sites for hydroxylation is 2. The molecule has 4 heteroatoms. The first-order valence-corrected chi connectivity index (χ1v) is 8.62. The van der Waals surface area contributed by atoms with Crippen molar-refractivity contribution in [3.8, 4) is 0 Å². The summed E-state index contributed by atoms with van der Waals surface area (Å²) in [6, 6.07) is 8.04. The minimum absolute atomic E-state index is 0.0780. The van der Waals surface area contributed by atoms with E-state index in [4.69, 9.17) is 0 Å². The lowest BCUT2D eigenvalue weighted by molar-refractivity contribution is 0.0994. The van der Waals surface area contributed by atoms with Gasteiger partial charge in [-0.2, -0.15) is 0 Å². The maximum absolute atomic E-state index is 12.2. The van der Waals surface area contributed by atoms with Crippen LogP contribution in [0.2, 0.25) is 0 Å². The first kappa shape index (κ1) is 14.2. The molecule has 0 spiro atoms. The highest BCUT2D eigenvalue weighted by Gasteiger charge is 2.29. The molecule has 0 amide bonds. The zero-order valence-electron chi connectivity index (χ0n) is 13.4. The average molecular weight is 321 g/mol. The van der Waals surface area contributed by atoms with Gasteiger partial charge in [0.2, 0.25) is 0 Å². The Morgan fingerprint density at radius 2 is 1.75 bits per heavy atom. The van der Waals surface area contributed by atoms with Crippen LogP contribution in [-0.2, 0) is 19.4 Å².